The Hall–Kier alpha value is -1.67. The van der Waals surface area contributed by atoms with E-state index in [9.17, 15) is 44.6 Å². The van der Waals surface area contributed by atoms with Crippen molar-refractivity contribution in [1.82, 2.24) is 0 Å². The molecular weight excluding hydrogens is 779 g/mol. The Balaban J connectivity index is 2.47. The van der Waals surface area contributed by atoms with Crippen LogP contribution >= 0.6 is 7.82 Å². The summed E-state index contributed by atoms with van der Waals surface area (Å²) in [6.45, 7) is 3.28. The fourth-order valence-corrected chi connectivity index (χ4v) is 7.95. The van der Waals surface area contributed by atoms with Gasteiger partial charge < -0.3 is 39.9 Å². The molecule has 0 saturated heterocycles. The van der Waals surface area contributed by atoms with E-state index in [1.165, 1.54) is 77.0 Å². The highest BCUT2D eigenvalue weighted by Gasteiger charge is 2.51. The van der Waals surface area contributed by atoms with E-state index in [1.54, 1.807) is 0 Å². The highest BCUT2D eigenvalue weighted by molar-refractivity contribution is 7.47. The van der Waals surface area contributed by atoms with E-state index >= 15 is 0 Å². The number of carbonyl (C=O) groups is 2. The Morgan fingerprint density at radius 2 is 0.864 bits per heavy atom. The van der Waals surface area contributed by atoms with Gasteiger partial charge in [-0.05, 0) is 64.2 Å². The van der Waals surface area contributed by atoms with E-state index in [0.29, 0.717) is 12.8 Å². The minimum absolute atomic E-state index is 0.0867. The number of carbonyl (C=O) groups excluding carboxylic acids is 2. The summed E-state index contributed by atoms with van der Waals surface area (Å²) in [6, 6.07) is 0. The summed E-state index contributed by atoms with van der Waals surface area (Å²) < 4.78 is 33.5. The molecule has 0 aromatic rings. The number of phosphoric acid groups is 1. The number of rotatable bonds is 38. The van der Waals surface area contributed by atoms with E-state index in [4.69, 9.17) is 18.5 Å². The van der Waals surface area contributed by atoms with Gasteiger partial charge in [-0.25, -0.2) is 4.57 Å². The molecule has 1 fully saturated rings. The molecule has 0 bridgehead atoms. The SMILES string of the molecule is CCCCCCCCC=CCCCCCCCC(=O)OCC(COP(=O)(O)OC1C(O)C(O)C(O)C(O)C1O)OC(=O)CCCCCCC/C=C/CCCCCCCC. The Kier molecular flexibility index (Phi) is 33.7. The number of aliphatic hydroxyl groups excluding tert-OH is 5. The van der Waals surface area contributed by atoms with Crippen molar-refractivity contribution < 1.29 is 63.1 Å². The monoisotopic (exact) mass is 863 g/mol. The van der Waals surface area contributed by atoms with Gasteiger partial charge in [0.15, 0.2) is 6.10 Å². The van der Waals surface area contributed by atoms with Crippen LogP contribution in [0.2, 0.25) is 0 Å². The number of hydrogen-bond donors (Lipinski definition) is 6. The zero-order valence-electron chi connectivity index (χ0n) is 36.6. The molecule has 1 saturated carbocycles. The van der Waals surface area contributed by atoms with Crippen LogP contribution in [0.5, 0.6) is 0 Å². The van der Waals surface area contributed by atoms with Gasteiger partial charge in [0.1, 0.15) is 43.2 Å². The summed E-state index contributed by atoms with van der Waals surface area (Å²) in [4.78, 5) is 35.7. The van der Waals surface area contributed by atoms with Gasteiger partial charge in [-0.3, -0.25) is 18.6 Å². The Morgan fingerprint density at radius 1 is 0.508 bits per heavy atom. The maximum atomic E-state index is 12.8. The average Bonchev–Trinajstić information content (AvgIpc) is 3.21. The maximum absolute atomic E-state index is 12.8. The first-order chi connectivity index (χ1) is 28.4. The summed E-state index contributed by atoms with van der Waals surface area (Å²) in [6.07, 6.45) is 25.2. The Bertz CT molecular complexity index is 1130. The van der Waals surface area contributed by atoms with Crippen molar-refractivity contribution in [2.75, 3.05) is 13.2 Å². The van der Waals surface area contributed by atoms with Crippen LogP contribution in [0.3, 0.4) is 0 Å². The summed E-state index contributed by atoms with van der Waals surface area (Å²) in [5.74, 6) is -1.11. The van der Waals surface area contributed by atoms with Gasteiger partial charge >= 0.3 is 19.8 Å². The van der Waals surface area contributed by atoms with E-state index in [-0.39, 0.29) is 12.8 Å². The van der Waals surface area contributed by atoms with E-state index in [0.717, 1.165) is 77.0 Å². The van der Waals surface area contributed by atoms with Crippen LogP contribution in [-0.2, 0) is 32.7 Å². The second kappa shape index (κ2) is 35.9. The molecule has 1 aliphatic carbocycles. The highest BCUT2D eigenvalue weighted by Crippen LogP contribution is 2.47. The summed E-state index contributed by atoms with van der Waals surface area (Å²) in [5.41, 5.74) is 0. The molecule has 0 amide bonds. The fraction of sp³-hybridized carbons (Fsp3) is 0.867. The molecule has 0 heterocycles. The Morgan fingerprint density at radius 3 is 1.29 bits per heavy atom. The molecule has 0 aliphatic heterocycles. The first-order valence-corrected chi connectivity index (χ1v) is 24.6. The van der Waals surface area contributed by atoms with Gasteiger partial charge in [0.2, 0.25) is 0 Å². The van der Waals surface area contributed by atoms with Gasteiger partial charge in [-0.1, -0.05) is 141 Å². The molecule has 13 nitrogen and oxygen atoms in total. The zero-order valence-corrected chi connectivity index (χ0v) is 37.4. The molecule has 0 spiro atoms. The third-order valence-electron chi connectivity index (χ3n) is 10.8. The minimum atomic E-state index is -5.12. The van der Waals surface area contributed by atoms with Crippen molar-refractivity contribution in [2.24, 2.45) is 0 Å². The van der Waals surface area contributed by atoms with E-state index < -0.39 is 75.7 Å². The average molecular weight is 863 g/mol. The lowest BCUT2D eigenvalue weighted by molar-refractivity contribution is -0.220. The van der Waals surface area contributed by atoms with Crippen LogP contribution in [0.4, 0.5) is 0 Å². The van der Waals surface area contributed by atoms with Crippen LogP contribution in [0.25, 0.3) is 0 Å². The smallest absolute Gasteiger partial charge is 0.462 e. The number of esters is 2. The van der Waals surface area contributed by atoms with Crippen molar-refractivity contribution in [3.05, 3.63) is 24.3 Å². The van der Waals surface area contributed by atoms with Crippen LogP contribution in [-0.4, -0.2) is 98.3 Å². The third-order valence-corrected chi connectivity index (χ3v) is 11.8. The van der Waals surface area contributed by atoms with Crippen molar-refractivity contribution in [1.29, 1.82) is 0 Å². The molecule has 1 rings (SSSR count). The van der Waals surface area contributed by atoms with Gasteiger partial charge in [0.25, 0.3) is 0 Å². The molecule has 0 aromatic carbocycles. The number of allylic oxidation sites excluding steroid dienone is 4. The topological polar surface area (TPSA) is 210 Å². The summed E-state index contributed by atoms with van der Waals surface area (Å²) in [7, 11) is -5.12. The molecule has 346 valence electrons. The second-order valence-corrected chi connectivity index (χ2v) is 17.7. The molecule has 0 aromatic heterocycles. The highest BCUT2D eigenvalue weighted by atomic mass is 31.2. The van der Waals surface area contributed by atoms with Crippen molar-refractivity contribution in [2.45, 2.75) is 236 Å². The van der Waals surface area contributed by atoms with Crippen LogP contribution in [0.1, 0.15) is 194 Å². The number of ether oxygens (including phenoxy) is 2. The largest absolute Gasteiger partial charge is 0.472 e. The molecule has 0 radical (unpaired) electrons. The predicted octanol–water partition coefficient (Wildman–Crippen LogP) is 8.84. The lowest BCUT2D eigenvalue weighted by Crippen LogP contribution is -2.64. The molecule has 1 aliphatic rings. The van der Waals surface area contributed by atoms with Crippen LogP contribution < -0.4 is 0 Å². The van der Waals surface area contributed by atoms with E-state index in [1.807, 2.05) is 0 Å². The predicted molar refractivity (Wildman–Crippen MR) is 230 cm³/mol. The third kappa shape index (κ3) is 28.5. The molecular formula is C45H83O13P. The van der Waals surface area contributed by atoms with Gasteiger partial charge in [-0.2, -0.15) is 0 Å². The summed E-state index contributed by atoms with van der Waals surface area (Å²) >= 11 is 0. The van der Waals surface area contributed by atoms with Crippen LogP contribution in [0.15, 0.2) is 24.3 Å². The first-order valence-electron chi connectivity index (χ1n) is 23.1. The zero-order chi connectivity index (χ0) is 43.6. The standard InChI is InChI=1S/C45H83O13P/c1-3-5-7-9-11-13-15-17-19-21-23-25-27-29-31-33-38(46)55-35-37(36-56-59(53,54)58-45-43(51)41(49)40(48)42(50)44(45)52)57-39(47)34-32-30-28-26-24-22-20-18-16-14-12-10-8-6-4-2/h17-20,37,40-45,48-52H,3-16,21-36H2,1-2H3,(H,53,54)/b19-17?,20-18+. The number of hydrogen-bond acceptors (Lipinski definition) is 12. The second-order valence-electron chi connectivity index (χ2n) is 16.3. The normalized spacial score (nSPS) is 22.5. The van der Waals surface area contributed by atoms with Gasteiger partial charge in [0.05, 0.1) is 6.61 Å². The van der Waals surface area contributed by atoms with Gasteiger partial charge in [0, 0.05) is 12.8 Å². The molecule has 6 unspecified atom stereocenters. The maximum Gasteiger partial charge on any atom is 0.472 e. The van der Waals surface area contributed by atoms with Gasteiger partial charge in [-0.15, -0.1) is 0 Å². The van der Waals surface area contributed by atoms with Crippen molar-refractivity contribution in [3.63, 3.8) is 0 Å². The molecule has 6 atom stereocenters. The molecule has 14 heteroatoms. The number of unbranched alkanes of at least 4 members (excludes halogenated alkanes) is 22. The lowest BCUT2D eigenvalue weighted by atomic mass is 9.85. The van der Waals surface area contributed by atoms with Crippen molar-refractivity contribution >= 4 is 19.8 Å². The lowest BCUT2D eigenvalue weighted by Gasteiger charge is -2.41. The number of aliphatic hydroxyl groups is 5. The fourth-order valence-electron chi connectivity index (χ4n) is 6.98. The first kappa shape index (κ1) is 55.3. The minimum Gasteiger partial charge on any atom is -0.462 e. The summed E-state index contributed by atoms with van der Waals surface area (Å²) in [5, 5.41) is 50.1. The molecule has 6 N–H and O–H groups in total. The molecule has 59 heavy (non-hydrogen) atoms. The quantitative estimate of drug-likeness (QED) is 0.0149. The van der Waals surface area contributed by atoms with Crippen molar-refractivity contribution in [3.8, 4) is 0 Å². The van der Waals surface area contributed by atoms with Crippen LogP contribution in [0, 0.1) is 0 Å². The Labute approximate surface area is 356 Å². The number of phosphoric ester groups is 1. The van der Waals surface area contributed by atoms with E-state index in [2.05, 4.69) is 38.2 Å².